The normalized spacial score (nSPS) is 41.7. The van der Waals surface area contributed by atoms with Gasteiger partial charge in [-0.2, -0.15) is 0 Å². The molecule has 0 radical (unpaired) electrons. The van der Waals surface area contributed by atoms with Crippen LogP contribution in [0.4, 0.5) is 0 Å². The molecule has 100 valence electrons. The molecule has 3 rings (SSSR count). The molecule has 2 aliphatic heterocycles. The monoisotopic (exact) mass is 252 g/mol. The minimum absolute atomic E-state index is 0.00829. The molecule has 5 nitrogen and oxygen atoms in total. The molecule has 0 aromatic rings. The van der Waals surface area contributed by atoms with E-state index in [0.717, 1.165) is 12.8 Å². The van der Waals surface area contributed by atoms with E-state index in [2.05, 4.69) is 12.2 Å². The van der Waals surface area contributed by atoms with Crippen molar-refractivity contribution in [1.29, 1.82) is 0 Å². The van der Waals surface area contributed by atoms with E-state index in [9.17, 15) is 9.59 Å². The molecule has 0 aromatic carbocycles. The van der Waals surface area contributed by atoms with Crippen LogP contribution in [-0.2, 0) is 14.3 Å². The Kier molecular flexibility index (Phi) is 2.81. The Balaban J connectivity index is 1.76. The number of nitrogens with one attached hydrogen (secondary N) is 1. The van der Waals surface area contributed by atoms with E-state index in [1.165, 1.54) is 0 Å². The van der Waals surface area contributed by atoms with Crippen molar-refractivity contribution >= 4 is 11.8 Å². The molecule has 0 aromatic heterocycles. The quantitative estimate of drug-likeness (QED) is 0.753. The van der Waals surface area contributed by atoms with Crippen molar-refractivity contribution in [2.24, 2.45) is 17.8 Å². The molecule has 2 amide bonds. The van der Waals surface area contributed by atoms with Crippen LogP contribution in [0.15, 0.2) is 0 Å². The lowest BCUT2D eigenvalue weighted by molar-refractivity contribution is -0.134. The third-order valence-corrected chi connectivity index (χ3v) is 4.59. The van der Waals surface area contributed by atoms with Gasteiger partial charge in [-0.15, -0.1) is 0 Å². The van der Waals surface area contributed by atoms with Gasteiger partial charge in [0.05, 0.1) is 18.1 Å². The molecule has 0 unspecified atom stereocenters. The molecule has 5 heteroatoms. The number of hydrogen-bond acceptors (Lipinski definition) is 3. The van der Waals surface area contributed by atoms with Crippen molar-refractivity contribution < 1.29 is 14.3 Å². The zero-order valence-electron chi connectivity index (χ0n) is 10.9. The topological polar surface area (TPSA) is 58.6 Å². The van der Waals surface area contributed by atoms with Gasteiger partial charge >= 0.3 is 0 Å². The third-order valence-electron chi connectivity index (χ3n) is 4.59. The Bertz CT molecular complexity index is 384. The second kappa shape index (κ2) is 4.23. The smallest absolute Gasteiger partial charge is 0.227 e. The van der Waals surface area contributed by atoms with Crippen LogP contribution in [0.3, 0.4) is 0 Å². The molecule has 2 heterocycles. The fourth-order valence-electron chi connectivity index (χ4n) is 3.32. The molecule has 2 saturated heterocycles. The Hall–Kier alpha value is -1.10. The molecule has 3 fully saturated rings. The van der Waals surface area contributed by atoms with Gasteiger partial charge in [0.2, 0.25) is 11.8 Å². The molecular formula is C13H20N2O3. The minimum Gasteiger partial charge on any atom is -0.375 e. The molecule has 0 spiro atoms. The van der Waals surface area contributed by atoms with Gasteiger partial charge in [-0.3, -0.25) is 9.59 Å². The van der Waals surface area contributed by atoms with Crippen LogP contribution in [0.25, 0.3) is 0 Å². The maximum atomic E-state index is 12.4. The highest BCUT2D eigenvalue weighted by atomic mass is 16.5. The van der Waals surface area contributed by atoms with E-state index in [0.29, 0.717) is 19.1 Å². The van der Waals surface area contributed by atoms with Crippen molar-refractivity contribution in [3.63, 3.8) is 0 Å². The largest absolute Gasteiger partial charge is 0.375 e. The van der Waals surface area contributed by atoms with Crippen LogP contribution in [-0.4, -0.2) is 49.1 Å². The summed E-state index contributed by atoms with van der Waals surface area (Å²) in [5.41, 5.74) is 0. The number of hydrogen-bond donors (Lipinski definition) is 1. The van der Waals surface area contributed by atoms with Gasteiger partial charge in [0.25, 0.3) is 0 Å². The Morgan fingerprint density at radius 2 is 2.06 bits per heavy atom. The van der Waals surface area contributed by atoms with Crippen LogP contribution < -0.4 is 5.32 Å². The first-order valence-electron chi connectivity index (χ1n) is 6.77. The van der Waals surface area contributed by atoms with Crippen LogP contribution >= 0.6 is 0 Å². The summed E-state index contributed by atoms with van der Waals surface area (Å²) in [5.74, 6) is 0.730. The fraction of sp³-hybridized carbons (Fsp3) is 0.846. The van der Waals surface area contributed by atoms with Crippen LogP contribution in [0.5, 0.6) is 0 Å². The Morgan fingerprint density at radius 3 is 2.67 bits per heavy atom. The second-order valence-corrected chi connectivity index (χ2v) is 5.72. The highest BCUT2D eigenvalue weighted by Gasteiger charge is 2.53. The number of rotatable bonds is 2. The fourth-order valence-corrected chi connectivity index (χ4v) is 3.32. The summed E-state index contributed by atoms with van der Waals surface area (Å²) in [6.07, 6.45) is 1.77. The highest BCUT2D eigenvalue weighted by Crippen LogP contribution is 2.42. The maximum absolute atomic E-state index is 12.4. The summed E-state index contributed by atoms with van der Waals surface area (Å²) in [6.45, 7) is 3.29. The SMILES string of the molecule is CNC(=O)[C@H]1CN(C(=O)[C@@H]2C[C@@H]2C)[C@@H]2CCO[C@H]12. The molecule has 0 bridgehead atoms. The van der Waals surface area contributed by atoms with Gasteiger partial charge in [-0.25, -0.2) is 0 Å². The van der Waals surface area contributed by atoms with Gasteiger partial charge in [0.15, 0.2) is 0 Å². The standard InChI is InChI=1S/C13H20N2O3/c1-7-5-8(7)13(17)15-6-9(12(16)14-2)11-10(15)3-4-18-11/h7-11H,3-6H2,1-2H3,(H,14,16)/t7-,8+,9-,10+,11+/m0/s1. The number of amides is 2. The number of carbonyl (C=O) groups excluding carboxylic acids is 2. The second-order valence-electron chi connectivity index (χ2n) is 5.72. The average Bonchev–Trinajstić information content (AvgIpc) is 2.80. The minimum atomic E-state index is -0.194. The summed E-state index contributed by atoms with van der Waals surface area (Å²) >= 11 is 0. The number of likely N-dealkylation sites (tertiary alicyclic amines) is 1. The van der Waals surface area contributed by atoms with E-state index in [-0.39, 0.29) is 35.8 Å². The average molecular weight is 252 g/mol. The van der Waals surface area contributed by atoms with E-state index >= 15 is 0 Å². The molecular weight excluding hydrogens is 232 g/mol. The lowest BCUT2D eigenvalue weighted by Gasteiger charge is -2.22. The summed E-state index contributed by atoms with van der Waals surface area (Å²) < 4.78 is 5.67. The first kappa shape index (κ1) is 12.0. The van der Waals surface area contributed by atoms with E-state index < -0.39 is 0 Å². The molecule has 1 aliphatic carbocycles. The molecule has 1 saturated carbocycles. The number of nitrogens with zero attached hydrogens (tertiary/aromatic N) is 1. The highest BCUT2D eigenvalue weighted by molar-refractivity contribution is 5.85. The predicted octanol–water partition coefficient (Wildman–Crippen LogP) is 0.00430. The first-order chi connectivity index (χ1) is 8.63. The van der Waals surface area contributed by atoms with Gasteiger partial charge in [0, 0.05) is 26.1 Å². The van der Waals surface area contributed by atoms with Gasteiger partial charge in [-0.05, 0) is 18.8 Å². The van der Waals surface area contributed by atoms with E-state index in [1.54, 1.807) is 7.05 Å². The van der Waals surface area contributed by atoms with Crippen molar-refractivity contribution in [1.82, 2.24) is 10.2 Å². The molecule has 1 N–H and O–H groups in total. The zero-order chi connectivity index (χ0) is 12.9. The van der Waals surface area contributed by atoms with Crippen LogP contribution in [0, 0.1) is 17.8 Å². The van der Waals surface area contributed by atoms with Crippen LogP contribution in [0.2, 0.25) is 0 Å². The lowest BCUT2D eigenvalue weighted by atomic mass is 10.0. The lowest BCUT2D eigenvalue weighted by Crippen LogP contribution is -2.38. The summed E-state index contributed by atoms with van der Waals surface area (Å²) in [7, 11) is 1.64. The van der Waals surface area contributed by atoms with Crippen molar-refractivity contribution in [2.45, 2.75) is 31.9 Å². The van der Waals surface area contributed by atoms with E-state index in [4.69, 9.17) is 4.74 Å². The summed E-state index contributed by atoms with van der Waals surface area (Å²) in [5, 5.41) is 2.68. The zero-order valence-corrected chi connectivity index (χ0v) is 10.9. The Labute approximate surface area is 107 Å². The summed E-state index contributed by atoms with van der Waals surface area (Å²) in [6, 6.07) is 0.118. The molecule has 18 heavy (non-hydrogen) atoms. The van der Waals surface area contributed by atoms with Crippen molar-refractivity contribution in [3.8, 4) is 0 Å². The molecule has 5 atom stereocenters. The summed E-state index contributed by atoms with van der Waals surface area (Å²) in [4.78, 5) is 26.1. The third kappa shape index (κ3) is 1.72. The number of carbonyl (C=O) groups is 2. The Morgan fingerprint density at radius 1 is 1.33 bits per heavy atom. The molecule has 3 aliphatic rings. The predicted molar refractivity (Wildman–Crippen MR) is 64.7 cm³/mol. The first-order valence-corrected chi connectivity index (χ1v) is 6.77. The maximum Gasteiger partial charge on any atom is 0.227 e. The van der Waals surface area contributed by atoms with Crippen LogP contribution in [0.1, 0.15) is 19.8 Å². The number of ether oxygens (including phenoxy) is 1. The van der Waals surface area contributed by atoms with Crippen molar-refractivity contribution in [3.05, 3.63) is 0 Å². The van der Waals surface area contributed by atoms with Gasteiger partial charge in [0.1, 0.15) is 0 Å². The van der Waals surface area contributed by atoms with Crippen molar-refractivity contribution in [2.75, 3.05) is 20.2 Å². The van der Waals surface area contributed by atoms with E-state index in [1.807, 2.05) is 4.90 Å². The number of fused-ring (bicyclic) bond motifs is 1. The van der Waals surface area contributed by atoms with Gasteiger partial charge in [-0.1, -0.05) is 6.92 Å². The van der Waals surface area contributed by atoms with Gasteiger partial charge < -0.3 is 15.0 Å².